The second kappa shape index (κ2) is 10.3. The van der Waals surface area contributed by atoms with Gasteiger partial charge in [-0.15, -0.1) is 11.3 Å². The zero-order chi connectivity index (χ0) is 20.6. The fraction of sp³-hybridized carbons (Fsp3) is 0.348. The number of methoxy groups -OCH3 is 1. The Labute approximate surface area is 176 Å². The Morgan fingerprint density at radius 1 is 1.17 bits per heavy atom. The third kappa shape index (κ3) is 6.21. The summed E-state index contributed by atoms with van der Waals surface area (Å²) in [4.78, 5) is 16.3. The first-order chi connectivity index (χ1) is 14.0. The summed E-state index contributed by atoms with van der Waals surface area (Å²) in [6.45, 7) is 5.12. The molecule has 0 bridgehead atoms. The highest BCUT2D eigenvalue weighted by atomic mass is 32.1. The molecular weight excluding hydrogens is 384 g/mol. The number of thiophene rings is 1. The van der Waals surface area contributed by atoms with Crippen LogP contribution in [0.1, 0.15) is 36.1 Å². The number of hydrogen-bond donors (Lipinski definition) is 1. The molecule has 0 spiro atoms. The van der Waals surface area contributed by atoms with Crippen molar-refractivity contribution < 1.29 is 13.9 Å². The van der Waals surface area contributed by atoms with E-state index in [0.717, 1.165) is 23.5 Å². The maximum absolute atomic E-state index is 12.7. The van der Waals surface area contributed by atoms with Crippen molar-refractivity contribution in [3.8, 4) is 5.75 Å². The lowest BCUT2D eigenvalue weighted by Gasteiger charge is -2.29. The maximum atomic E-state index is 12.7. The molecule has 29 heavy (non-hydrogen) atoms. The van der Waals surface area contributed by atoms with Gasteiger partial charge in [-0.1, -0.05) is 18.2 Å². The number of carbonyl (C=O) groups excluding carboxylic acids is 1. The third-order valence-corrected chi connectivity index (χ3v) is 5.84. The Hall–Kier alpha value is -2.57. The molecule has 0 saturated heterocycles. The minimum atomic E-state index is -0.159. The summed E-state index contributed by atoms with van der Waals surface area (Å²) in [6.07, 6.45) is 2.53. The molecule has 0 radical (unpaired) electrons. The highest BCUT2D eigenvalue weighted by Crippen LogP contribution is 2.19. The molecule has 0 fully saturated rings. The molecule has 0 saturated carbocycles. The van der Waals surface area contributed by atoms with Gasteiger partial charge in [0.15, 0.2) is 0 Å². The van der Waals surface area contributed by atoms with Gasteiger partial charge >= 0.3 is 0 Å². The second-order valence-corrected chi connectivity index (χ2v) is 8.22. The van der Waals surface area contributed by atoms with E-state index in [1.165, 1.54) is 4.88 Å². The van der Waals surface area contributed by atoms with Gasteiger partial charge in [-0.25, -0.2) is 0 Å². The monoisotopic (exact) mass is 412 g/mol. The van der Waals surface area contributed by atoms with Gasteiger partial charge in [-0.3, -0.25) is 9.69 Å². The van der Waals surface area contributed by atoms with Gasteiger partial charge in [0.2, 0.25) is 5.91 Å². The average Bonchev–Trinajstić information content (AvgIpc) is 3.42. The molecule has 1 aromatic carbocycles. The van der Waals surface area contributed by atoms with Crippen LogP contribution in [-0.2, 0) is 17.8 Å². The number of furan rings is 1. The number of amides is 1. The smallest absolute Gasteiger partial charge is 0.234 e. The summed E-state index contributed by atoms with van der Waals surface area (Å²) in [5.41, 5.74) is 1.15. The van der Waals surface area contributed by atoms with Gasteiger partial charge in [0, 0.05) is 17.5 Å². The quantitative estimate of drug-likeness (QED) is 0.526. The van der Waals surface area contributed by atoms with Crippen molar-refractivity contribution in [2.24, 2.45) is 0 Å². The molecule has 3 aromatic rings. The third-order valence-electron chi connectivity index (χ3n) is 4.94. The molecule has 2 aromatic heterocycles. The largest absolute Gasteiger partial charge is 0.497 e. The number of rotatable bonds is 10. The maximum Gasteiger partial charge on any atom is 0.234 e. The van der Waals surface area contributed by atoms with E-state index in [-0.39, 0.29) is 18.0 Å². The zero-order valence-electron chi connectivity index (χ0n) is 17.1. The number of nitrogens with zero attached hydrogens (tertiary/aromatic N) is 1. The van der Waals surface area contributed by atoms with Crippen molar-refractivity contribution in [3.63, 3.8) is 0 Å². The van der Waals surface area contributed by atoms with Gasteiger partial charge in [0.1, 0.15) is 11.5 Å². The Balaban J connectivity index is 1.67. The van der Waals surface area contributed by atoms with Crippen molar-refractivity contribution in [1.82, 2.24) is 10.2 Å². The van der Waals surface area contributed by atoms with Crippen LogP contribution in [0, 0.1) is 0 Å². The first-order valence-corrected chi connectivity index (χ1v) is 10.6. The number of ether oxygens (including phenoxy) is 1. The first kappa shape index (κ1) is 21.1. The molecule has 2 unspecified atom stereocenters. The van der Waals surface area contributed by atoms with E-state index in [0.29, 0.717) is 13.1 Å². The van der Waals surface area contributed by atoms with Crippen LogP contribution in [0.2, 0.25) is 0 Å². The molecule has 5 nitrogen and oxygen atoms in total. The molecule has 1 amide bonds. The highest BCUT2D eigenvalue weighted by Gasteiger charge is 2.20. The van der Waals surface area contributed by atoms with E-state index in [1.807, 2.05) is 43.3 Å². The molecule has 0 aliphatic heterocycles. The van der Waals surface area contributed by atoms with Crippen molar-refractivity contribution in [1.29, 1.82) is 0 Å². The first-order valence-electron chi connectivity index (χ1n) is 9.77. The number of nitrogens with one attached hydrogen (secondary N) is 1. The van der Waals surface area contributed by atoms with Crippen LogP contribution >= 0.6 is 11.3 Å². The van der Waals surface area contributed by atoms with E-state index in [9.17, 15) is 4.79 Å². The van der Waals surface area contributed by atoms with Crippen LogP contribution in [0.25, 0.3) is 0 Å². The van der Waals surface area contributed by atoms with Crippen LogP contribution in [0.15, 0.2) is 64.6 Å². The van der Waals surface area contributed by atoms with Crippen LogP contribution in [0.5, 0.6) is 5.75 Å². The molecule has 3 rings (SSSR count). The van der Waals surface area contributed by atoms with Crippen LogP contribution in [0.4, 0.5) is 0 Å². The molecule has 2 atom stereocenters. The number of hydrogen-bond acceptors (Lipinski definition) is 5. The van der Waals surface area contributed by atoms with E-state index < -0.39 is 0 Å². The Bertz CT molecular complexity index is 860. The van der Waals surface area contributed by atoms with Gasteiger partial charge in [-0.2, -0.15) is 0 Å². The fourth-order valence-electron chi connectivity index (χ4n) is 3.26. The van der Waals surface area contributed by atoms with Gasteiger partial charge in [0.05, 0.1) is 26.0 Å². The Morgan fingerprint density at radius 3 is 2.59 bits per heavy atom. The lowest BCUT2D eigenvalue weighted by atomic mass is 10.1. The van der Waals surface area contributed by atoms with Gasteiger partial charge in [-0.05, 0) is 61.5 Å². The van der Waals surface area contributed by atoms with Crippen LogP contribution in [-0.4, -0.2) is 30.5 Å². The predicted octanol–water partition coefficient (Wildman–Crippen LogP) is 4.66. The van der Waals surface area contributed by atoms with Gasteiger partial charge in [0.25, 0.3) is 0 Å². The Kier molecular flexibility index (Phi) is 7.49. The normalized spacial score (nSPS) is 13.2. The van der Waals surface area contributed by atoms with Crippen molar-refractivity contribution in [2.75, 3.05) is 13.7 Å². The standard InChI is InChI=1S/C23H28N2O3S/c1-17(14-21-6-5-13-29-21)25(15-19-8-10-20(27-3)11-9-19)16-23(26)24-18(2)22-7-4-12-28-22/h4-13,17-18H,14-16H2,1-3H3,(H,24,26). The summed E-state index contributed by atoms with van der Waals surface area (Å²) in [5.74, 6) is 1.57. The topological polar surface area (TPSA) is 54.7 Å². The average molecular weight is 413 g/mol. The van der Waals surface area contributed by atoms with E-state index >= 15 is 0 Å². The molecule has 2 heterocycles. The van der Waals surface area contributed by atoms with Crippen molar-refractivity contribution >= 4 is 17.2 Å². The predicted molar refractivity (Wildman–Crippen MR) is 116 cm³/mol. The number of benzene rings is 1. The van der Waals surface area contributed by atoms with E-state index in [1.54, 1.807) is 24.7 Å². The highest BCUT2D eigenvalue weighted by molar-refractivity contribution is 7.09. The van der Waals surface area contributed by atoms with Crippen LogP contribution in [0.3, 0.4) is 0 Å². The summed E-state index contributed by atoms with van der Waals surface area (Å²) >= 11 is 1.75. The molecular formula is C23H28N2O3S. The molecule has 154 valence electrons. The summed E-state index contributed by atoms with van der Waals surface area (Å²) in [5, 5.41) is 5.13. The lowest BCUT2D eigenvalue weighted by molar-refractivity contribution is -0.123. The van der Waals surface area contributed by atoms with Crippen LogP contribution < -0.4 is 10.1 Å². The van der Waals surface area contributed by atoms with Crippen molar-refractivity contribution in [3.05, 3.63) is 76.4 Å². The Morgan fingerprint density at radius 2 is 1.97 bits per heavy atom. The molecule has 0 aliphatic rings. The summed E-state index contributed by atoms with van der Waals surface area (Å²) in [7, 11) is 1.66. The van der Waals surface area contributed by atoms with E-state index in [4.69, 9.17) is 9.15 Å². The minimum Gasteiger partial charge on any atom is -0.497 e. The fourth-order valence-corrected chi connectivity index (χ4v) is 4.09. The summed E-state index contributed by atoms with van der Waals surface area (Å²) in [6, 6.07) is 16.0. The molecule has 0 aliphatic carbocycles. The zero-order valence-corrected chi connectivity index (χ0v) is 17.9. The second-order valence-electron chi connectivity index (χ2n) is 7.19. The molecule has 1 N–H and O–H groups in total. The summed E-state index contributed by atoms with van der Waals surface area (Å²) < 4.78 is 10.6. The molecule has 6 heteroatoms. The minimum absolute atomic E-state index is 0.0135. The van der Waals surface area contributed by atoms with Gasteiger partial charge < -0.3 is 14.5 Å². The lowest BCUT2D eigenvalue weighted by Crippen LogP contribution is -2.42. The SMILES string of the molecule is COc1ccc(CN(CC(=O)NC(C)c2ccco2)C(C)Cc2cccs2)cc1. The number of carbonyl (C=O) groups is 1. The van der Waals surface area contributed by atoms with E-state index in [2.05, 4.69) is 34.7 Å². The van der Waals surface area contributed by atoms with Crippen molar-refractivity contribution in [2.45, 2.75) is 38.9 Å².